The number of pyridine rings is 1. The molecular weight excluding hydrogens is 432 g/mol. The number of nitrogens with zero attached hydrogens (tertiary/aromatic N) is 3. The number of fused-ring (bicyclic) bond motifs is 1. The maximum atomic E-state index is 4.92. The van der Waals surface area contributed by atoms with E-state index >= 15 is 0 Å². The Morgan fingerprint density at radius 3 is 2.62 bits per heavy atom. The van der Waals surface area contributed by atoms with E-state index in [-0.39, 0.29) is 0 Å². The van der Waals surface area contributed by atoms with Crippen molar-refractivity contribution in [2.24, 2.45) is 0 Å². The van der Waals surface area contributed by atoms with Crippen LogP contribution in [-0.2, 0) is 6.42 Å². The highest BCUT2D eigenvalue weighted by Crippen LogP contribution is 2.34. The van der Waals surface area contributed by atoms with Crippen molar-refractivity contribution in [3.8, 4) is 16.9 Å². The first-order valence-corrected chi connectivity index (χ1v) is 9.53. The van der Waals surface area contributed by atoms with E-state index < -0.39 is 0 Å². The summed E-state index contributed by atoms with van der Waals surface area (Å²) < 4.78 is 4.05. The van der Waals surface area contributed by atoms with E-state index in [1.807, 2.05) is 23.0 Å². The molecule has 1 aliphatic rings. The summed E-state index contributed by atoms with van der Waals surface area (Å²) in [4.78, 5) is 4.30. The lowest BCUT2D eigenvalue weighted by molar-refractivity contribution is 0.780. The number of hydrogen-bond donors (Lipinski definition) is 1. The minimum atomic E-state index is 0.966. The molecule has 3 heterocycles. The van der Waals surface area contributed by atoms with Crippen LogP contribution in [0.15, 0.2) is 51.7 Å². The van der Waals surface area contributed by atoms with Crippen molar-refractivity contribution in [3.05, 3.63) is 57.2 Å². The average Bonchev–Trinajstić information content (AvgIpc) is 2.77. The Morgan fingerprint density at radius 1 is 1.00 bits per heavy atom. The molecule has 0 amide bonds. The van der Waals surface area contributed by atoms with Crippen molar-refractivity contribution in [2.75, 3.05) is 11.9 Å². The van der Waals surface area contributed by atoms with E-state index in [2.05, 4.69) is 60.4 Å². The molecular formula is C18H16Br2N4. The zero-order chi connectivity index (χ0) is 16.5. The zero-order valence-electron chi connectivity index (χ0n) is 13.0. The standard InChI is InChI=1S/C18H16Br2N4/c19-13-4-6-15(7-5-13)24-18-16(3-1-2-8-22-18)17(23-24)12-9-14(20)11-21-10-12/h4-7,9-11,22H,1-3,8H2. The molecule has 1 N–H and O–H groups in total. The Hall–Kier alpha value is -1.66. The quantitative estimate of drug-likeness (QED) is 0.586. The van der Waals surface area contributed by atoms with Gasteiger partial charge in [0.15, 0.2) is 0 Å². The van der Waals surface area contributed by atoms with Gasteiger partial charge in [-0.15, -0.1) is 0 Å². The van der Waals surface area contributed by atoms with Crippen molar-refractivity contribution in [3.63, 3.8) is 0 Å². The number of benzene rings is 1. The van der Waals surface area contributed by atoms with Crippen LogP contribution in [0.1, 0.15) is 18.4 Å². The summed E-state index contributed by atoms with van der Waals surface area (Å²) in [7, 11) is 0. The van der Waals surface area contributed by atoms with Gasteiger partial charge in [-0.25, -0.2) is 4.68 Å². The molecule has 2 aromatic heterocycles. The number of aromatic nitrogens is 3. The summed E-state index contributed by atoms with van der Waals surface area (Å²) >= 11 is 7.01. The van der Waals surface area contributed by atoms with Crippen LogP contribution in [0.4, 0.5) is 5.82 Å². The van der Waals surface area contributed by atoms with Crippen LogP contribution in [-0.4, -0.2) is 21.3 Å². The predicted molar refractivity (Wildman–Crippen MR) is 104 cm³/mol. The molecule has 0 radical (unpaired) electrons. The van der Waals surface area contributed by atoms with Crippen LogP contribution in [0.5, 0.6) is 0 Å². The minimum absolute atomic E-state index is 0.966. The van der Waals surface area contributed by atoms with Gasteiger partial charge >= 0.3 is 0 Å². The van der Waals surface area contributed by atoms with Crippen molar-refractivity contribution in [2.45, 2.75) is 19.3 Å². The first kappa shape index (κ1) is 15.8. The number of anilines is 1. The maximum absolute atomic E-state index is 4.92. The second-order valence-electron chi connectivity index (χ2n) is 5.84. The molecule has 0 spiro atoms. The van der Waals surface area contributed by atoms with Crippen molar-refractivity contribution < 1.29 is 0 Å². The Bertz CT molecular complexity index is 871. The third-order valence-corrected chi connectivity index (χ3v) is 5.14. The largest absolute Gasteiger partial charge is 0.370 e. The topological polar surface area (TPSA) is 42.7 Å². The molecule has 6 heteroatoms. The van der Waals surface area contributed by atoms with Gasteiger partial charge in [-0.3, -0.25) is 4.98 Å². The molecule has 1 aliphatic heterocycles. The van der Waals surface area contributed by atoms with Crippen LogP contribution in [0.25, 0.3) is 16.9 Å². The van der Waals surface area contributed by atoms with E-state index in [9.17, 15) is 0 Å². The van der Waals surface area contributed by atoms with Crippen molar-refractivity contribution in [1.29, 1.82) is 0 Å². The van der Waals surface area contributed by atoms with Gasteiger partial charge < -0.3 is 5.32 Å². The number of hydrogen-bond acceptors (Lipinski definition) is 3. The molecule has 4 nitrogen and oxygen atoms in total. The van der Waals surface area contributed by atoms with Gasteiger partial charge in [0.05, 0.1) is 11.4 Å². The Balaban J connectivity index is 1.90. The maximum Gasteiger partial charge on any atom is 0.133 e. The summed E-state index contributed by atoms with van der Waals surface area (Å²) in [6.07, 6.45) is 7.04. The monoisotopic (exact) mass is 446 g/mol. The molecule has 1 aromatic carbocycles. The summed E-state index contributed by atoms with van der Waals surface area (Å²) in [6, 6.07) is 10.3. The molecule has 0 saturated heterocycles. The van der Waals surface area contributed by atoms with Gasteiger partial charge in [0.25, 0.3) is 0 Å². The van der Waals surface area contributed by atoms with Gasteiger partial charge in [0.1, 0.15) is 5.82 Å². The molecule has 0 fully saturated rings. The van der Waals surface area contributed by atoms with Gasteiger partial charge in [0.2, 0.25) is 0 Å². The highest BCUT2D eigenvalue weighted by Gasteiger charge is 2.21. The fourth-order valence-electron chi connectivity index (χ4n) is 3.04. The predicted octanol–water partition coefficient (Wildman–Crippen LogP) is 5.21. The van der Waals surface area contributed by atoms with E-state index in [4.69, 9.17) is 5.10 Å². The van der Waals surface area contributed by atoms with E-state index in [0.717, 1.165) is 44.7 Å². The van der Waals surface area contributed by atoms with E-state index in [1.54, 1.807) is 6.20 Å². The van der Waals surface area contributed by atoms with Gasteiger partial charge in [-0.2, -0.15) is 5.10 Å². The Morgan fingerprint density at radius 2 is 1.83 bits per heavy atom. The molecule has 0 saturated carbocycles. The molecule has 0 unspecified atom stereocenters. The highest BCUT2D eigenvalue weighted by atomic mass is 79.9. The molecule has 24 heavy (non-hydrogen) atoms. The molecule has 0 aliphatic carbocycles. The average molecular weight is 448 g/mol. The van der Waals surface area contributed by atoms with E-state index in [1.165, 1.54) is 18.4 Å². The van der Waals surface area contributed by atoms with E-state index in [0.29, 0.717) is 0 Å². The van der Waals surface area contributed by atoms with Gasteiger partial charge in [-0.1, -0.05) is 15.9 Å². The number of nitrogens with one attached hydrogen (secondary N) is 1. The van der Waals surface area contributed by atoms with Gasteiger partial charge in [-0.05, 0) is 65.5 Å². The fourth-order valence-corrected chi connectivity index (χ4v) is 3.67. The van der Waals surface area contributed by atoms with Crippen LogP contribution in [0.3, 0.4) is 0 Å². The Kier molecular flexibility index (Phi) is 4.41. The van der Waals surface area contributed by atoms with Gasteiger partial charge in [0, 0.05) is 39.0 Å². The van der Waals surface area contributed by atoms with Crippen LogP contribution in [0, 0.1) is 0 Å². The highest BCUT2D eigenvalue weighted by molar-refractivity contribution is 9.10. The normalized spacial score (nSPS) is 13.9. The fraction of sp³-hybridized carbons (Fsp3) is 0.222. The SMILES string of the molecule is Brc1ccc(-n2nc(-c3cncc(Br)c3)c3c2NCCCC3)cc1. The summed E-state index contributed by atoms with van der Waals surface area (Å²) in [5.74, 6) is 1.10. The zero-order valence-corrected chi connectivity index (χ0v) is 16.1. The third kappa shape index (κ3) is 3.00. The molecule has 0 bridgehead atoms. The molecule has 0 atom stereocenters. The number of rotatable bonds is 2. The molecule has 122 valence electrons. The summed E-state index contributed by atoms with van der Waals surface area (Å²) in [5, 5.41) is 8.49. The van der Waals surface area contributed by atoms with Crippen LogP contribution >= 0.6 is 31.9 Å². The first-order chi connectivity index (χ1) is 11.7. The van der Waals surface area contributed by atoms with Crippen molar-refractivity contribution in [1.82, 2.24) is 14.8 Å². The minimum Gasteiger partial charge on any atom is -0.370 e. The molecule has 4 rings (SSSR count). The summed E-state index contributed by atoms with van der Waals surface area (Å²) in [6.45, 7) is 0.978. The second kappa shape index (κ2) is 6.69. The Labute approximate surface area is 157 Å². The van der Waals surface area contributed by atoms with Crippen LogP contribution in [0.2, 0.25) is 0 Å². The third-order valence-electron chi connectivity index (χ3n) is 4.18. The molecule has 3 aromatic rings. The lowest BCUT2D eigenvalue weighted by Crippen LogP contribution is -2.07. The lowest BCUT2D eigenvalue weighted by atomic mass is 10.1. The lowest BCUT2D eigenvalue weighted by Gasteiger charge is -2.09. The van der Waals surface area contributed by atoms with Crippen LogP contribution < -0.4 is 5.32 Å². The first-order valence-electron chi connectivity index (χ1n) is 7.95. The van der Waals surface area contributed by atoms with Crippen molar-refractivity contribution >= 4 is 37.7 Å². The summed E-state index contributed by atoms with van der Waals surface area (Å²) in [5.41, 5.74) is 4.38. The number of halogens is 2. The second-order valence-corrected chi connectivity index (χ2v) is 7.67. The smallest absolute Gasteiger partial charge is 0.133 e.